The van der Waals surface area contributed by atoms with Crippen molar-refractivity contribution in [1.82, 2.24) is 5.32 Å². The van der Waals surface area contributed by atoms with Gasteiger partial charge in [0.15, 0.2) is 0 Å². The summed E-state index contributed by atoms with van der Waals surface area (Å²) in [6, 6.07) is 19.7. The molecular weight excluding hydrogens is 246 g/mol. The third-order valence-corrected chi connectivity index (χ3v) is 4.28. The highest BCUT2D eigenvalue weighted by Gasteiger charge is 2.43. The molecule has 3 atom stereocenters. The first-order valence-corrected chi connectivity index (χ1v) is 7.19. The van der Waals surface area contributed by atoms with Gasteiger partial charge >= 0.3 is 0 Å². The number of rotatable bonds is 5. The second kappa shape index (κ2) is 5.68. The van der Waals surface area contributed by atoms with Crippen molar-refractivity contribution in [1.29, 1.82) is 0 Å². The minimum Gasteiger partial charge on any atom is -0.497 e. The lowest BCUT2D eigenvalue weighted by atomic mass is 9.99. The molecule has 1 aliphatic carbocycles. The van der Waals surface area contributed by atoms with E-state index in [-0.39, 0.29) is 0 Å². The summed E-state index contributed by atoms with van der Waals surface area (Å²) in [5.74, 6) is 2.30. The third-order valence-electron chi connectivity index (χ3n) is 4.28. The first-order chi connectivity index (χ1) is 9.83. The number of nitrogens with one attached hydrogen (secondary N) is 1. The predicted octanol–water partition coefficient (Wildman–Crippen LogP) is 3.76. The third kappa shape index (κ3) is 2.56. The van der Waals surface area contributed by atoms with Gasteiger partial charge in [-0.25, -0.2) is 0 Å². The largest absolute Gasteiger partial charge is 0.497 e. The molecule has 20 heavy (non-hydrogen) atoms. The van der Waals surface area contributed by atoms with Crippen LogP contribution in [0.1, 0.15) is 29.5 Å². The minimum atomic E-state index is 0.422. The first-order valence-electron chi connectivity index (χ1n) is 7.19. The molecule has 0 spiro atoms. The van der Waals surface area contributed by atoms with Crippen molar-refractivity contribution in [2.75, 3.05) is 14.2 Å². The van der Waals surface area contributed by atoms with Crippen LogP contribution in [0, 0.1) is 5.92 Å². The van der Waals surface area contributed by atoms with Crippen LogP contribution in [0.15, 0.2) is 54.6 Å². The van der Waals surface area contributed by atoms with E-state index in [2.05, 4.69) is 54.8 Å². The van der Waals surface area contributed by atoms with Gasteiger partial charge in [0.2, 0.25) is 0 Å². The number of methoxy groups -OCH3 is 1. The second-order valence-corrected chi connectivity index (χ2v) is 5.46. The molecule has 1 saturated carbocycles. The van der Waals surface area contributed by atoms with E-state index in [0.29, 0.717) is 17.9 Å². The Balaban J connectivity index is 1.75. The second-order valence-electron chi connectivity index (χ2n) is 5.46. The smallest absolute Gasteiger partial charge is 0.118 e. The Morgan fingerprint density at radius 3 is 2.35 bits per heavy atom. The highest BCUT2D eigenvalue weighted by Crippen LogP contribution is 2.53. The number of ether oxygens (including phenoxy) is 1. The molecule has 2 aromatic carbocycles. The molecule has 0 aliphatic heterocycles. The minimum absolute atomic E-state index is 0.422. The molecule has 2 nitrogen and oxygen atoms in total. The molecule has 0 radical (unpaired) electrons. The SMILES string of the molecule is CNC(c1ccc(OC)cc1)C1CC1c1ccccc1. The fraction of sp³-hybridized carbons (Fsp3) is 0.333. The first kappa shape index (κ1) is 13.2. The van der Waals surface area contributed by atoms with Gasteiger partial charge in [-0.15, -0.1) is 0 Å². The average Bonchev–Trinajstić information content (AvgIpc) is 3.30. The van der Waals surface area contributed by atoms with Gasteiger partial charge in [-0.2, -0.15) is 0 Å². The zero-order valence-corrected chi connectivity index (χ0v) is 12.0. The fourth-order valence-electron chi connectivity index (χ4n) is 3.11. The van der Waals surface area contributed by atoms with Crippen LogP contribution in [0.25, 0.3) is 0 Å². The predicted molar refractivity (Wildman–Crippen MR) is 82.1 cm³/mol. The fourth-order valence-corrected chi connectivity index (χ4v) is 3.11. The van der Waals surface area contributed by atoms with Crippen LogP contribution in [0.5, 0.6) is 5.75 Å². The van der Waals surface area contributed by atoms with Crippen molar-refractivity contribution in [3.8, 4) is 5.75 Å². The summed E-state index contributed by atoms with van der Waals surface area (Å²) < 4.78 is 5.23. The molecule has 2 aromatic rings. The standard InChI is InChI=1S/C18H21NO/c1-19-18(14-8-10-15(20-2)11-9-14)17-12-16(17)13-6-4-3-5-7-13/h3-11,16-19H,12H2,1-2H3. The Morgan fingerprint density at radius 1 is 1.05 bits per heavy atom. The molecule has 1 N–H and O–H groups in total. The van der Waals surface area contributed by atoms with Crippen LogP contribution < -0.4 is 10.1 Å². The van der Waals surface area contributed by atoms with E-state index in [1.54, 1.807) is 7.11 Å². The van der Waals surface area contributed by atoms with E-state index in [4.69, 9.17) is 4.74 Å². The Morgan fingerprint density at radius 2 is 1.75 bits per heavy atom. The Kier molecular flexibility index (Phi) is 3.75. The van der Waals surface area contributed by atoms with Gasteiger partial charge in [0.05, 0.1) is 7.11 Å². The molecule has 1 fully saturated rings. The number of hydrogen-bond acceptors (Lipinski definition) is 2. The van der Waals surface area contributed by atoms with Gasteiger partial charge in [-0.1, -0.05) is 42.5 Å². The van der Waals surface area contributed by atoms with E-state index >= 15 is 0 Å². The Labute approximate surface area is 120 Å². The van der Waals surface area contributed by atoms with Gasteiger partial charge < -0.3 is 10.1 Å². The quantitative estimate of drug-likeness (QED) is 0.890. The molecule has 0 bridgehead atoms. The van der Waals surface area contributed by atoms with Gasteiger partial charge in [0.25, 0.3) is 0 Å². The highest BCUT2D eigenvalue weighted by molar-refractivity contribution is 5.33. The van der Waals surface area contributed by atoms with Gasteiger partial charge in [-0.05, 0) is 48.6 Å². The lowest BCUT2D eigenvalue weighted by Gasteiger charge is -2.17. The molecule has 0 amide bonds. The zero-order valence-electron chi connectivity index (χ0n) is 12.0. The number of hydrogen-bond donors (Lipinski definition) is 1. The van der Waals surface area contributed by atoms with E-state index < -0.39 is 0 Å². The summed E-state index contributed by atoms with van der Waals surface area (Å²) >= 11 is 0. The summed E-state index contributed by atoms with van der Waals surface area (Å²) in [7, 11) is 3.76. The summed E-state index contributed by atoms with van der Waals surface area (Å²) in [5.41, 5.74) is 2.81. The van der Waals surface area contributed by atoms with Crippen LogP contribution in [0.3, 0.4) is 0 Å². The van der Waals surface area contributed by atoms with Crippen molar-refractivity contribution < 1.29 is 4.74 Å². The van der Waals surface area contributed by atoms with Gasteiger partial charge in [0, 0.05) is 6.04 Å². The molecule has 3 rings (SSSR count). The van der Waals surface area contributed by atoms with Crippen LogP contribution >= 0.6 is 0 Å². The molecule has 0 heterocycles. The van der Waals surface area contributed by atoms with Crippen molar-refractivity contribution in [2.24, 2.45) is 5.92 Å². The number of benzene rings is 2. The molecule has 0 saturated heterocycles. The van der Waals surface area contributed by atoms with Crippen LogP contribution in [0.4, 0.5) is 0 Å². The highest BCUT2D eigenvalue weighted by atomic mass is 16.5. The maximum absolute atomic E-state index is 5.23. The van der Waals surface area contributed by atoms with Crippen LogP contribution in [-0.4, -0.2) is 14.2 Å². The molecule has 3 unspecified atom stereocenters. The summed E-state index contributed by atoms with van der Waals surface area (Å²) in [6.45, 7) is 0. The van der Waals surface area contributed by atoms with E-state index in [9.17, 15) is 0 Å². The van der Waals surface area contributed by atoms with Gasteiger partial charge in [0.1, 0.15) is 5.75 Å². The topological polar surface area (TPSA) is 21.3 Å². The zero-order chi connectivity index (χ0) is 13.9. The normalized spacial score (nSPS) is 22.3. The van der Waals surface area contributed by atoms with Crippen molar-refractivity contribution in [3.05, 3.63) is 65.7 Å². The average molecular weight is 267 g/mol. The monoisotopic (exact) mass is 267 g/mol. The van der Waals surface area contributed by atoms with Gasteiger partial charge in [-0.3, -0.25) is 0 Å². The Bertz CT molecular complexity index is 549. The molecular formula is C18H21NO. The van der Waals surface area contributed by atoms with E-state index in [1.165, 1.54) is 17.5 Å². The van der Waals surface area contributed by atoms with Crippen LogP contribution in [0.2, 0.25) is 0 Å². The maximum atomic E-state index is 5.23. The van der Waals surface area contributed by atoms with E-state index in [0.717, 1.165) is 5.75 Å². The summed E-state index contributed by atoms with van der Waals surface area (Å²) in [5, 5.41) is 3.48. The van der Waals surface area contributed by atoms with Crippen molar-refractivity contribution >= 4 is 0 Å². The maximum Gasteiger partial charge on any atom is 0.118 e. The molecule has 0 aromatic heterocycles. The lowest BCUT2D eigenvalue weighted by molar-refractivity contribution is 0.414. The molecule has 2 heteroatoms. The summed E-state index contributed by atoms with van der Waals surface area (Å²) in [4.78, 5) is 0. The molecule has 104 valence electrons. The Hall–Kier alpha value is -1.80. The van der Waals surface area contributed by atoms with E-state index in [1.807, 2.05) is 12.1 Å². The van der Waals surface area contributed by atoms with Crippen molar-refractivity contribution in [2.45, 2.75) is 18.4 Å². The molecule has 1 aliphatic rings. The van der Waals surface area contributed by atoms with Crippen molar-refractivity contribution in [3.63, 3.8) is 0 Å². The van der Waals surface area contributed by atoms with Crippen LogP contribution in [-0.2, 0) is 0 Å². The lowest BCUT2D eigenvalue weighted by Crippen LogP contribution is -2.19. The summed E-state index contributed by atoms with van der Waals surface area (Å²) in [6.07, 6.45) is 1.27.